The van der Waals surface area contributed by atoms with Gasteiger partial charge in [-0.1, -0.05) is 5.16 Å². The third kappa shape index (κ3) is 4.88. The van der Waals surface area contributed by atoms with Crippen LogP contribution in [0, 0.1) is 6.92 Å². The molecule has 90 valence electrons. The summed E-state index contributed by atoms with van der Waals surface area (Å²) in [6, 6.07) is 0. The van der Waals surface area contributed by atoms with E-state index in [-0.39, 0.29) is 5.91 Å². The average molecular weight is 226 g/mol. The number of nitrogens with two attached hydrogens (primary N) is 1. The van der Waals surface area contributed by atoms with Crippen LogP contribution in [0.15, 0.2) is 4.52 Å². The van der Waals surface area contributed by atoms with E-state index >= 15 is 0 Å². The molecular weight excluding hydrogens is 208 g/mol. The Labute approximate surface area is 94.6 Å². The number of aryl methyl sites for hydroxylation is 1. The van der Waals surface area contributed by atoms with Crippen molar-refractivity contribution in [2.75, 3.05) is 6.54 Å². The van der Waals surface area contributed by atoms with Crippen molar-refractivity contribution in [1.82, 2.24) is 15.5 Å². The number of aromatic nitrogens is 2. The summed E-state index contributed by atoms with van der Waals surface area (Å²) >= 11 is 0. The van der Waals surface area contributed by atoms with E-state index in [0.29, 0.717) is 31.1 Å². The lowest BCUT2D eigenvalue weighted by Crippen LogP contribution is -2.39. The summed E-state index contributed by atoms with van der Waals surface area (Å²) in [6.07, 6.45) is 0.867. The molecule has 6 heteroatoms. The SMILES string of the molecule is Cc1nc(CCNC(=O)CC(C)(C)N)no1. The molecule has 0 aromatic carbocycles. The Morgan fingerprint density at radius 2 is 2.25 bits per heavy atom. The molecule has 0 aliphatic heterocycles. The minimum Gasteiger partial charge on any atom is -0.356 e. The van der Waals surface area contributed by atoms with Gasteiger partial charge in [-0.15, -0.1) is 0 Å². The van der Waals surface area contributed by atoms with Crippen molar-refractivity contribution in [3.05, 3.63) is 11.7 Å². The Kier molecular flexibility index (Phi) is 4.00. The summed E-state index contributed by atoms with van der Waals surface area (Å²) in [5.41, 5.74) is 5.24. The molecule has 0 atom stereocenters. The van der Waals surface area contributed by atoms with Crippen molar-refractivity contribution < 1.29 is 9.32 Å². The van der Waals surface area contributed by atoms with Crippen molar-refractivity contribution in [1.29, 1.82) is 0 Å². The Morgan fingerprint density at radius 3 is 2.75 bits per heavy atom. The number of hydrogen-bond acceptors (Lipinski definition) is 5. The highest BCUT2D eigenvalue weighted by atomic mass is 16.5. The largest absolute Gasteiger partial charge is 0.356 e. The minimum absolute atomic E-state index is 0.0623. The summed E-state index contributed by atoms with van der Waals surface area (Å²) in [5, 5.41) is 6.48. The molecule has 1 aromatic heterocycles. The maximum atomic E-state index is 11.4. The number of nitrogens with zero attached hydrogens (tertiary/aromatic N) is 2. The van der Waals surface area contributed by atoms with E-state index in [1.807, 2.05) is 13.8 Å². The summed E-state index contributed by atoms with van der Waals surface area (Å²) < 4.78 is 4.81. The fraction of sp³-hybridized carbons (Fsp3) is 0.700. The predicted molar refractivity (Wildman–Crippen MR) is 58.6 cm³/mol. The Morgan fingerprint density at radius 1 is 1.56 bits per heavy atom. The van der Waals surface area contributed by atoms with Gasteiger partial charge in [-0.3, -0.25) is 4.79 Å². The van der Waals surface area contributed by atoms with E-state index in [9.17, 15) is 4.79 Å². The lowest BCUT2D eigenvalue weighted by molar-refractivity contribution is -0.121. The van der Waals surface area contributed by atoms with Crippen LogP contribution in [0.5, 0.6) is 0 Å². The van der Waals surface area contributed by atoms with E-state index in [1.54, 1.807) is 6.92 Å². The molecule has 6 nitrogen and oxygen atoms in total. The molecule has 0 saturated heterocycles. The number of carbonyl (C=O) groups is 1. The second kappa shape index (κ2) is 5.07. The van der Waals surface area contributed by atoms with Gasteiger partial charge in [0.05, 0.1) is 0 Å². The molecule has 0 spiro atoms. The van der Waals surface area contributed by atoms with Gasteiger partial charge >= 0.3 is 0 Å². The predicted octanol–water partition coefficient (Wildman–Crippen LogP) is 0.164. The van der Waals surface area contributed by atoms with Crippen molar-refractivity contribution in [3.63, 3.8) is 0 Å². The van der Waals surface area contributed by atoms with Crippen LogP contribution in [0.25, 0.3) is 0 Å². The molecule has 16 heavy (non-hydrogen) atoms. The van der Waals surface area contributed by atoms with Crippen molar-refractivity contribution in [2.24, 2.45) is 5.73 Å². The zero-order chi connectivity index (χ0) is 12.2. The first-order valence-electron chi connectivity index (χ1n) is 5.21. The minimum atomic E-state index is -0.479. The average Bonchev–Trinajstić information content (AvgIpc) is 2.48. The quantitative estimate of drug-likeness (QED) is 0.746. The lowest BCUT2D eigenvalue weighted by atomic mass is 10.0. The van der Waals surface area contributed by atoms with Gasteiger partial charge in [-0.25, -0.2) is 0 Å². The zero-order valence-corrected chi connectivity index (χ0v) is 9.91. The third-order valence-electron chi connectivity index (χ3n) is 1.86. The molecule has 0 saturated carbocycles. The maximum absolute atomic E-state index is 11.4. The van der Waals surface area contributed by atoms with Gasteiger partial charge in [0.1, 0.15) is 0 Å². The highest BCUT2D eigenvalue weighted by Crippen LogP contribution is 2.02. The van der Waals surface area contributed by atoms with Crippen LogP contribution in [0.1, 0.15) is 32.0 Å². The van der Waals surface area contributed by atoms with Gasteiger partial charge in [0, 0.05) is 31.8 Å². The van der Waals surface area contributed by atoms with Gasteiger partial charge in [-0.2, -0.15) is 4.98 Å². The number of nitrogens with one attached hydrogen (secondary N) is 1. The topological polar surface area (TPSA) is 94.0 Å². The summed E-state index contributed by atoms with van der Waals surface area (Å²) in [6.45, 7) is 5.85. The standard InChI is InChI=1S/C10H18N4O2/c1-7-13-8(14-16-7)4-5-12-9(15)6-10(2,3)11/h4-6,11H2,1-3H3,(H,12,15). The van der Waals surface area contributed by atoms with Crippen molar-refractivity contribution in [2.45, 2.75) is 39.2 Å². The molecule has 0 aliphatic rings. The molecule has 0 radical (unpaired) electrons. The first kappa shape index (κ1) is 12.6. The fourth-order valence-electron chi connectivity index (χ4n) is 1.23. The van der Waals surface area contributed by atoms with Gasteiger partial charge in [0.2, 0.25) is 11.8 Å². The van der Waals surface area contributed by atoms with E-state index in [1.165, 1.54) is 0 Å². The van der Waals surface area contributed by atoms with Crippen LogP contribution < -0.4 is 11.1 Å². The summed E-state index contributed by atoms with van der Waals surface area (Å²) in [7, 11) is 0. The van der Waals surface area contributed by atoms with Crippen molar-refractivity contribution in [3.8, 4) is 0 Å². The van der Waals surface area contributed by atoms with Gasteiger partial charge in [0.25, 0.3) is 0 Å². The number of carbonyl (C=O) groups excluding carboxylic acids is 1. The Bertz CT molecular complexity index is 354. The molecule has 1 rings (SSSR count). The Balaban J connectivity index is 2.23. The molecule has 0 fully saturated rings. The fourth-order valence-corrected chi connectivity index (χ4v) is 1.23. The third-order valence-corrected chi connectivity index (χ3v) is 1.86. The summed E-state index contributed by atoms with van der Waals surface area (Å²) in [5.74, 6) is 1.07. The van der Waals surface area contributed by atoms with Crippen LogP contribution in [-0.4, -0.2) is 28.1 Å². The number of amides is 1. The van der Waals surface area contributed by atoms with Crippen LogP contribution >= 0.6 is 0 Å². The summed E-state index contributed by atoms with van der Waals surface area (Å²) in [4.78, 5) is 15.4. The molecule has 1 aromatic rings. The molecule has 1 amide bonds. The lowest BCUT2D eigenvalue weighted by Gasteiger charge is -2.17. The van der Waals surface area contributed by atoms with Crippen molar-refractivity contribution >= 4 is 5.91 Å². The first-order valence-corrected chi connectivity index (χ1v) is 5.21. The van der Waals surface area contributed by atoms with Crippen LogP contribution in [-0.2, 0) is 11.2 Å². The van der Waals surface area contributed by atoms with E-state index in [2.05, 4.69) is 15.5 Å². The highest BCUT2D eigenvalue weighted by molar-refractivity contribution is 5.77. The normalized spacial score (nSPS) is 11.5. The van der Waals surface area contributed by atoms with E-state index in [0.717, 1.165) is 0 Å². The van der Waals surface area contributed by atoms with Gasteiger partial charge in [0.15, 0.2) is 5.82 Å². The van der Waals surface area contributed by atoms with E-state index in [4.69, 9.17) is 10.3 Å². The molecule has 0 unspecified atom stereocenters. The van der Waals surface area contributed by atoms with E-state index < -0.39 is 5.54 Å². The maximum Gasteiger partial charge on any atom is 0.223 e. The number of rotatable bonds is 5. The van der Waals surface area contributed by atoms with Gasteiger partial charge in [-0.05, 0) is 13.8 Å². The van der Waals surface area contributed by atoms with Crippen LogP contribution in [0.3, 0.4) is 0 Å². The van der Waals surface area contributed by atoms with Crippen LogP contribution in [0.4, 0.5) is 0 Å². The zero-order valence-electron chi connectivity index (χ0n) is 9.91. The molecule has 3 N–H and O–H groups in total. The molecule has 1 heterocycles. The number of hydrogen-bond donors (Lipinski definition) is 2. The van der Waals surface area contributed by atoms with Gasteiger partial charge < -0.3 is 15.6 Å². The molecule has 0 bridgehead atoms. The Hall–Kier alpha value is -1.43. The molecule has 0 aliphatic carbocycles. The second-order valence-electron chi connectivity index (χ2n) is 4.49. The first-order chi connectivity index (χ1) is 7.37. The second-order valence-corrected chi connectivity index (χ2v) is 4.49. The molecular formula is C10H18N4O2. The highest BCUT2D eigenvalue weighted by Gasteiger charge is 2.15. The smallest absolute Gasteiger partial charge is 0.223 e. The monoisotopic (exact) mass is 226 g/mol. The van der Waals surface area contributed by atoms with Crippen LogP contribution in [0.2, 0.25) is 0 Å².